The lowest BCUT2D eigenvalue weighted by Crippen LogP contribution is -2.40. The molecule has 0 N–H and O–H groups in total. The van der Waals surface area contributed by atoms with Crippen LogP contribution in [0.5, 0.6) is 5.75 Å². The SMILES string of the molecule is COC(=O)C(C)OC(=O)c1ccc(OC)c(S(=O)(=O)N2CCOCC2)c1. The third kappa shape index (κ3) is 4.32. The first kappa shape index (κ1) is 20.1. The van der Waals surface area contributed by atoms with Crippen molar-refractivity contribution in [3.8, 4) is 5.75 Å². The molecule has 0 saturated carbocycles. The van der Waals surface area contributed by atoms with E-state index in [4.69, 9.17) is 14.2 Å². The van der Waals surface area contributed by atoms with Gasteiger partial charge in [-0.15, -0.1) is 0 Å². The minimum absolute atomic E-state index is 0.0200. The number of nitrogens with zero attached hydrogens (tertiary/aromatic N) is 1. The molecule has 0 spiro atoms. The van der Waals surface area contributed by atoms with E-state index >= 15 is 0 Å². The fraction of sp³-hybridized carbons (Fsp3) is 0.500. The average molecular weight is 387 g/mol. The molecule has 1 aliphatic rings. The van der Waals surface area contributed by atoms with Gasteiger partial charge < -0.3 is 18.9 Å². The second-order valence-electron chi connectivity index (χ2n) is 5.45. The summed E-state index contributed by atoms with van der Waals surface area (Å²) in [7, 11) is -1.37. The van der Waals surface area contributed by atoms with E-state index in [-0.39, 0.29) is 29.3 Å². The minimum Gasteiger partial charge on any atom is -0.495 e. The van der Waals surface area contributed by atoms with Gasteiger partial charge in [0.25, 0.3) is 0 Å². The van der Waals surface area contributed by atoms with Crippen LogP contribution < -0.4 is 4.74 Å². The van der Waals surface area contributed by atoms with Gasteiger partial charge in [0.05, 0.1) is 33.0 Å². The summed E-state index contributed by atoms with van der Waals surface area (Å²) in [6.45, 7) is 2.36. The second-order valence-corrected chi connectivity index (χ2v) is 7.36. The molecule has 0 bridgehead atoms. The van der Waals surface area contributed by atoms with Crippen LogP contribution in [0.2, 0.25) is 0 Å². The zero-order valence-electron chi connectivity index (χ0n) is 14.8. The van der Waals surface area contributed by atoms with Gasteiger partial charge in [-0.05, 0) is 25.1 Å². The number of morpholine rings is 1. The number of sulfonamides is 1. The molecule has 0 aliphatic carbocycles. The zero-order chi connectivity index (χ0) is 19.3. The van der Waals surface area contributed by atoms with Crippen molar-refractivity contribution in [1.82, 2.24) is 4.31 Å². The van der Waals surface area contributed by atoms with Crippen molar-refractivity contribution >= 4 is 22.0 Å². The Balaban J connectivity index is 2.33. The fourth-order valence-corrected chi connectivity index (χ4v) is 3.96. The largest absolute Gasteiger partial charge is 0.495 e. The first-order chi connectivity index (χ1) is 12.3. The van der Waals surface area contributed by atoms with Crippen LogP contribution in [0.15, 0.2) is 23.1 Å². The molecule has 0 amide bonds. The molecule has 1 fully saturated rings. The van der Waals surface area contributed by atoms with Crippen LogP contribution in [0.1, 0.15) is 17.3 Å². The average Bonchev–Trinajstić information content (AvgIpc) is 2.67. The van der Waals surface area contributed by atoms with Gasteiger partial charge in [0.2, 0.25) is 10.0 Å². The minimum atomic E-state index is -3.88. The summed E-state index contributed by atoms with van der Waals surface area (Å²) in [4.78, 5) is 23.5. The number of ether oxygens (including phenoxy) is 4. The van der Waals surface area contributed by atoms with Gasteiger partial charge in [-0.2, -0.15) is 4.31 Å². The third-order valence-electron chi connectivity index (χ3n) is 3.80. The molecule has 1 aromatic carbocycles. The van der Waals surface area contributed by atoms with E-state index in [1.54, 1.807) is 0 Å². The van der Waals surface area contributed by atoms with Crippen LogP contribution in [-0.2, 0) is 29.0 Å². The smallest absolute Gasteiger partial charge is 0.346 e. The molecule has 1 aliphatic heterocycles. The standard InChI is InChI=1S/C16H21NO8S/c1-11(15(18)23-3)25-16(19)12-4-5-13(22-2)14(10-12)26(20,21)17-6-8-24-9-7-17/h4-5,10-11H,6-9H2,1-3H3. The van der Waals surface area contributed by atoms with Crippen LogP contribution in [0, 0.1) is 0 Å². The Bertz CT molecular complexity index is 770. The normalized spacial score (nSPS) is 16.6. The summed E-state index contributed by atoms with van der Waals surface area (Å²) in [6.07, 6.45) is -1.12. The molecule has 144 valence electrons. The van der Waals surface area contributed by atoms with Gasteiger partial charge in [0, 0.05) is 13.1 Å². The van der Waals surface area contributed by atoms with Gasteiger partial charge in [-0.25, -0.2) is 18.0 Å². The highest BCUT2D eigenvalue weighted by atomic mass is 32.2. The highest BCUT2D eigenvalue weighted by Crippen LogP contribution is 2.28. The summed E-state index contributed by atoms with van der Waals surface area (Å²) in [5.74, 6) is -1.45. The zero-order valence-corrected chi connectivity index (χ0v) is 15.6. The number of rotatable bonds is 6. The Labute approximate surface area is 151 Å². The molecule has 1 aromatic rings. The van der Waals surface area contributed by atoms with Crippen molar-refractivity contribution in [2.24, 2.45) is 0 Å². The van der Waals surface area contributed by atoms with Crippen molar-refractivity contribution in [3.63, 3.8) is 0 Å². The summed E-state index contributed by atoms with van der Waals surface area (Å²) in [5, 5.41) is 0. The Kier molecular flexibility index (Phi) is 6.57. The summed E-state index contributed by atoms with van der Waals surface area (Å²) < 4.78 is 46.8. The van der Waals surface area contributed by atoms with E-state index < -0.39 is 28.1 Å². The van der Waals surface area contributed by atoms with Gasteiger partial charge >= 0.3 is 11.9 Å². The molecule has 1 atom stereocenters. The van der Waals surface area contributed by atoms with Crippen LogP contribution in [0.4, 0.5) is 0 Å². The molecule has 10 heteroatoms. The lowest BCUT2D eigenvalue weighted by Gasteiger charge is -2.26. The van der Waals surface area contributed by atoms with E-state index in [0.717, 1.165) is 0 Å². The number of esters is 2. The van der Waals surface area contributed by atoms with Crippen molar-refractivity contribution in [2.75, 3.05) is 40.5 Å². The van der Waals surface area contributed by atoms with Crippen LogP contribution >= 0.6 is 0 Å². The maximum Gasteiger partial charge on any atom is 0.346 e. The Morgan fingerprint density at radius 1 is 1.19 bits per heavy atom. The van der Waals surface area contributed by atoms with Crippen molar-refractivity contribution in [3.05, 3.63) is 23.8 Å². The molecule has 0 aromatic heterocycles. The Morgan fingerprint density at radius 3 is 2.42 bits per heavy atom. The molecule has 26 heavy (non-hydrogen) atoms. The maximum absolute atomic E-state index is 12.9. The monoisotopic (exact) mass is 387 g/mol. The lowest BCUT2D eigenvalue weighted by molar-refractivity contribution is -0.149. The van der Waals surface area contributed by atoms with Gasteiger partial charge in [-0.1, -0.05) is 0 Å². The van der Waals surface area contributed by atoms with E-state index in [1.165, 1.54) is 43.6 Å². The molecular weight excluding hydrogens is 366 g/mol. The first-order valence-corrected chi connectivity index (χ1v) is 9.30. The molecule has 0 radical (unpaired) electrons. The molecular formula is C16H21NO8S. The van der Waals surface area contributed by atoms with Gasteiger partial charge in [0.15, 0.2) is 6.10 Å². The van der Waals surface area contributed by atoms with Gasteiger partial charge in [0.1, 0.15) is 10.6 Å². The second kappa shape index (κ2) is 8.47. The summed E-state index contributed by atoms with van der Waals surface area (Å²) in [5.41, 5.74) is -0.0200. The predicted molar refractivity (Wildman–Crippen MR) is 89.5 cm³/mol. The topological polar surface area (TPSA) is 108 Å². The summed E-state index contributed by atoms with van der Waals surface area (Å²) >= 11 is 0. The number of hydrogen-bond acceptors (Lipinski definition) is 8. The fourth-order valence-electron chi connectivity index (χ4n) is 2.37. The van der Waals surface area contributed by atoms with Crippen molar-refractivity contribution in [1.29, 1.82) is 0 Å². The van der Waals surface area contributed by atoms with Crippen LogP contribution in [-0.4, -0.2) is 71.3 Å². The number of methoxy groups -OCH3 is 2. The number of hydrogen-bond donors (Lipinski definition) is 0. The molecule has 2 rings (SSSR count). The highest BCUT2D eigenvalue weighted by Gasteiger charge is 2.30. The number of benzene rings is 1. The predicted octanol–water partition coefficient (Wildman–Crippen LogP) is 0.434. The maximum atomic E-state index is 12.9. The lowest BCUT2D eigenvalue weighted by atomic mass is 10.2. The molecule has 9 nitrogen and oxygen atoms in total. The van der Waals surface area contributed by atoms with E-state index in [0.29, 0.717) is 13.2 Å². The van der Waals surface area contributed by atoms with Crippen LogP contribution in [0.25, 0.3) is 0 Å². The van der Waals surface area contributed by atoms with Crippen LogP contribution in [0.3, 0.4) is 0 Å². The first-order valence-electron chi connectivity index (χ1n) is 7.86. The van der Waals surface area contributed by atoms with E-state index in [1.807, 2.05) is 0 Å². The third-order valence-corrected chi connectivity index (χ3v) is 5.72. The molecule has 1 unspecified atom stereocenters. The number of carbonyl (C=O) groups excluding carboxylic acids is 2. The van der Waals surface area contributed by atoms with E-state index in [2.05, 4.69) is 4.74 Å². The van der Waals surface area contributed by atoms with Gasteiger partial charge in [-0.3, -0.25) is 0 Å². The van der Waals surface area contributed by atoms with Crippen molar-refractivity contribution < 1.29 is 37.0 Å². The quantitative estimate of drug-likeness (QED) is 0.647. The number of carbonyl (C=O) groups is 2. The molecule has 1 heterocycles. The Hall–Kier alpha value is -2.17. The highest BCUT2D eigenvalue weighted by molar-refractivity contribution is 7.89. The molecule has 1 saturated heterocycles. The Morgan fingerprint density at radius 2 is 1.85 bits per heavy atom. The summed E-state index contributed by atoms with van der Waals surface area (Å²) in [6, 6.07) is 3.91. The van der Waals surface area contributed by atoms with Crippen molar-refractivity contribution in [2.45, 2.75) is 17.9 Å². The van der Waals surface area contributed by atoms with E-state index in [9.17, 15) is 18.0 Å².